The molecule has 0 N–H and O–H groups in total. The molecule has 0 spiro atoms. The summed E-state index contributed by atoms with van der Waals surface area (Å²) < 4.78 is 19.8. The summed E-state index contributed by atoms with van der Waals surface area (Å²) in [5.41, 5.74) is 1.43. The van der Waals surface area contributed by atoms with Gasteiger partial charge in [0.25, 0.3) is 0 Å². The van der Waals surface area contributed by atoms with E-state index in [4.69, 9.17) is 16.3 Å². The standard InChI is InChI=1S/C16H10BrClFNO/c17-11-6-10(7-12(19)8-11)9-21-15-4-3-14(18)13-2-1-5-20-16(13)15/h1-8H,9H2. The summed E-state index contributed by atoms with van der Waals surface area (Å²) in [4.78, 5) is 4.30. The first kappa shape index (κ1) is 14.3. The number of hydrogen-bond donors (Lipinski definition) is 0. The fraction of sp³-hybridized carbons (Fsp3) is 0.0625. The smallest absolute Gasteiger partial charge is 0.146 e. The molecule has 0 amide bonds. The first-order valence-electron chi connectivity index (χ1n) is 6.24. The fourth-order valence-corrected chi connectivity index (χ4v) is 2.81. The Hall–Kier alpha value is -1.65. The van der Waals surface area contributed by atoms with Crippen molar-refractivity contribution in [3.05, 3.63) is 69.5 Å². The highest BCUT2D eigenvalue weighted by atomic mass is 79.9. The summed E-state index contributed by atoms with van der Waals surface area (Å²) in [6.07, 6.45) is 1.68. The monoisotopic (exact) mass is 365 g/mol. The molecule has 3 rings (SSSR count). The lowest BCUT2D eigenvalue weighted by molar-refractivity contribution is 0.308. The molecule has 0 aliphatic carbocycles. The lowest BCUT2D eigenvalue weighted by Gasteiger charge is -2.10. The number of hydrogen-bond acceptors (Lipinski definition) is 2. The van der Waals surface area contributed by atoms with E-state index in [1.54, 1.807) is 18.3 Å². The second-order valence-corrected chi connectivity index (χ2v) is 5.83. The molecule has 5 heteroatoms. The van der Waals surface area contributed by atoms with Crippen LogP contribution in [0.15, 0.2) is 53.1 Å². The Morgan fingerprint density at radius 2 is 2.05 bits per heavy atom. The van der Waals surface area contributed by atoms with Gasteiger partial charge in [0.1, 0.15) is 23.7 Å². The minimum absolute atomic E-state index is 0.254. The van der Waals surface area contributed by atoms with Crippen LogP contribution < -0.4 is 4.74 Å². The van der Waals surface area contributed by atoms with Crippen molar-refractivity contribution in [3.63, 3.8) is 0 Å². The van der Waals surface area contributed by atoms with Crippen molar-refractivity contribution in [2.75, 3.05) is 0 Å². The predicted molar refractivity (Wildman–Crippen MR) is 85.2 cm³/mol. The third-order valence-corrected chi connectivity index (χ3v) is 3.78. The van der Waals surface area contributed by atoms with Crippen LogP contribution in [0.3, 0.4) is 0 Å². The Morgan fingerprint density at radius 1 is 1.19 bits per heavy atom. The molecule has 3 aromatic rings. The van der Waals surface area contributed by atoms with Crippen LogP contribution in [0.5, 0.6) is 5.75 Å². The van der Waals surface area contributed by atoms with Gasteiger partial charge in [-0.15, -0.1) is 0 Å². The van der Waals surface area contributed by atoms with Crippen LogP contribution >= 0.6 is 27.5 Å². The molecule has 0 saturated heterocycles. The second-order valence-electron chi connectivity index (χ2n) is 4.51. The Morgan fingerprint density at radius 3 is 2.86 bits per heavy atom. The van der Waals surface area contributed by atoms with E-state index in [0.717, 1.165) is 10.9 Å². The number of aromatic nitrogens is 1. The van der Waals surface area contributed by atoms with Gasteiger partial charge >= 0.3 is 0 Å². The molecule has 21 heavy (non-hydrogen) atoms. The SMILES string of the molecule is Fc1cc(Br)cc(COc2ccc(Cl)c3cccnc23)c1. The van der Waals surface area contributed by atoms with Crippen molar-refractivity contribution in [2.45, 2.75) is 6.61 Å². The minimum atomic E-state index is -0.304. The van der Waals surface area contributed by atoms with Gasteiger partial charge in [-0.05, 0) is 48.0 Å². The Labute approximate surface area is 134 Å². The third kappa shape index (κ3) is 3.17. The quantitative estimate of drug-likeness (QED) is 0.622. The summed E-state index contributed by atoms with van der Waals surface area (Å²) in [6.45, 7) is 0.254. The van der Waals surface area contributed by atoms with Gasteiger partial charge < -0.3 is 4.74 Å². The zero-order chi connectivity index (χ0) is 14.8. The molecular weight excluding hydrogens is 357 g/mol. The van der Waals surface area contributed by atoms with Crippen molar-refractivity contribution < 1.29 is 9.13 Å². The number of pyridine rings is 1. The molecule has 0 aliphatic rings. The highest BCUT2D eigenvalue weighted by molar-refractivity contribution is 9.10. The maximum absolute atomic E-state index is 13.3. The van der Waals surface area contributed by atoms with Crippen LogP contribution in [-0.4, -0.2) is 4.98 Å². The highest BCUT2D eigenvalue weighted by Crippen LogP contribution is 2.30. The highest BCUT2D eigenvalue weighted by Gasteiger charge is 2.07. The number of rotatable bonds is 3. The largest absolute Gasteiger partial charge is 0.487 e. The Bertz CT molecular complexity index is 789. The maximum Gasteiger partial charge on any atom is 0.146 e. The molecule has 2 aromatic carbocycles. The van der Waals surface area contributed by atoms with Gasteiger partial charge in [-0.3, -0.25) is 4.98 Å². The predicted octanol–water partition coefficient (Wildman–Crippen LogP) is 5.37. The average Bonchev–Trinajstić information content (AvgIpc) is 2.46. The second kappa shape index (κ2) is 6.00. The molecule has 1 heterocycles. The van der Waals surface area contributed by atoms with E-state index in [0.29, 0.717) is 20.8 Å². The van der Waals surface area contributed by atoms with Crippen LogP contribution in [-0.2, 0) is 6.61 Å². The van der Waals surface area contributed by atoms with Crippen LogP contribution in [0, 0.1) is 5.82 Å². The van der Waals surface area contributed by atoms with E-state index >= 15 is 0 Å². The fourth-order valence-electron chi connectivity index (χ4n) is 2.08. The number of benzene rings is 2. The summed E-state index contributed by atoms with van der Waals surface area (Å²) >= 11 is 9.40. The Kier molecular flexibility index (Phi) is 4.08. The van der Waals surface area contributed by atoms with E-state index in [1.807, 2.05) is 18.2 Å². The molecule has 2 nitrogen and oxygen atoms in total. The van der Waals surface area contributed by atoms with Crippen molar-refractivity contribution in [2.24, 2.45) is 0 Å². The van der Waals surface area contributed by atoms with E-state index in [2.05, 4.69) is 20.9 Å². The molecule has 0 saturated carbocycles. The van der Waals surface area contributed by atoms with Gasteiger partial charge in [0.2, 0.25) is 0 Å². The summed E-state index contributed by atoms with van der Waals surface area (Å²) in [5.74, 6) is 0.317. The van der Waals surface area contributed by atoms with E-state index < -0.39 is 0 Å². The molecule has 106 valence electrons. The first-order valence-corrected chi connectivity index (χ1v) is 7.41. The van der Waals surface area contributed by atoms with E-state index in [9.17, 15) is 4.39 Å². The van der Waals surface area contributed by atoms with Gasteiger partial charge in [-0.25, -0.2) is 4.39 Å². The van der Waals surface area contributed by atoms with Crippen molar-refractivity contribution >= 4 is 38.4 Å². The molecule has 0 radical (unpaired) electrons. The molecule has 0 bridgehead atoms. The van der Waals surface area contributed by atoms with Crippen molar-refractivity contribution in [3.8, 4) is 5.75 Å². The van der Waals surface area contributed by atoms with Gasteiger partial charge in [-0.2, -0.15) is 0 Å². The normalized spacial score (nSPS) is 10.8. The lowest BCUT2D eigenvalue weighted by atomic mass is 10.2. The zero-order valence-electron chi connectivity index (χ0n) is 10.8. The zero-order valence-corrected chi connectivity index (χ0v) is 13.2. The van der Waals surface area contributed by atoms with Crippen LogP contribution in [0.2, 0.25) is 5.02 Å². The van der Waals surface area contributed by atoms with Crippen LogP contribution in [0.4, 0.5) is 4.39 Å². The van der Waals surface area contributed by atoms with Crippen molar-refractivity contribution in [1.29, 1.82) is 0 Å². The first-order chi connectivity index (χ1) is 10.1. The maximum atomic E-state index is 13.3. The summed E-state index contributed by atoms with van der Waals surface area (Å²) in [6, 6.07) is 11.9. The summed E-state index contributed by atoms with van der Waals surface area (Å²) in [5, 5.41) is 1.45. The van der Waals surface area contributed by atoms with Gasteiger partial charge in [0.15, 0.2) is 0 Å². The molecule has 0 unspecified atom stereocenters. The third-order valence-electron chi connectivity index (χ3n) is 3.00. The van der Waals surface area contributed by atoms with Gasteiger partial charge in [0, 0.05) is 16.1 Å². The van der Waals surface area contributed by atoms with Crippen molar-refractivity contribution in [1.82, 2.24) is 4.98 Å². The van der Waals surface area contributed by atoms with Gasteiger partial charge in [-0.1, -0.05) is 27.5 Å². The number of ether oxygens (including phenoxy) is 1. The minimum Gasteiger partial charge on any atom is -0.487 e. The van der Waals surface area contributed by atoms with E-state index in [-0.39, 0.29) is 12.4 Å². The van der Waals surface area contributed by atoms with Crippen LogP contribution in [0.25, 0.3) is 10.9 Å². The van der Waals surface area contributed by atoms with Gasteiger partial charge in [0.05, 0.1) is 5.02 Å². The molecule has 1 aromatic heterocycles. The number of halogens is 3. The lowest BCUT2D eigenvalue weighted by Crippen LogP contribution is -1.97. The average molecular weight is 367 g/mol. The van der Waals surface area contributed by atoms with E-state index in [1.165, 1.54) is 12.1 Å². The topological polar surface area (TPSA) is 22.1 Å². The number of nitrogens with zero attached hydrogens (tertiary/aromatic N) is 1. The summed E-state index contributed by atoms with van der Waals surface area (Å²) in [7, 11) is 0. The molecular formula is C16H10BrClFNO. The van der Waals surface area contributed by atoms with Crippen LogP contribution in [0.1, 0.15) is 5.56 Å². The molecule has 0 aliphatic heterocycles. The molecule has 0 fully saturated rings. The number of fused-ring (bicyclic) bond motifs is 1. The molecule has 0 atom stereocenters. The Balaban J connectivity index is 1.90.